The Morgan fingerprint density at radius 1 is 0.162 bits per heavy atom. The zero-order chi connectivity index (χ0) is 89.8. The van der Waals surface area contributed by atoms with Gasteiger partial charge in [-0.15, -0.1) is 0 Å². The minimum Gasteiger partial charge on any atom is -0.356 e. The first-order chi connectivity index (χ1) is 62.7. The summed E-state index contributed by atoms with van der Waals surface area (Å²) in [6.07, 6.45) is 0. The van der Waals surface area contributed by atoms with E-state index in [1.807, 2.05) is 255 Å². The Balaban J connectivity index is 0.000000137. The topological polar surface area (TPSA) is 21.8 Å². The Hall–Kier alpha value is -13.7. The molecule has 0 aliphatic heterocycles. The van der Waals surface area contributed by atoms with Gasteiger partial charge in [-0.3, -0.25) is 0 Å². The van der Waals surface area contributed by atoms with Gasteiger partial charge < -0.3 is 20.0 Å². The van der Waals surface area contributed by atoms with Crippen molar-refractivity contribution in [2.24, 2.45) is 0 Å². The Kier molecular flexibility index (Phi) is 20.7. The molecule has 19 aromatic rings. The molecule has 19 rings (SSSR count). The molecule has 0 radical (unpaired) electrons. The molecule has 0 amide bonds. The molecular weight excluding hydrogens is 1620 g/mol. The summed E-state index contributed by atoms with van der Waals surface area (Å²) in [5.41, 5.74) is 16.7. The number of nitrogens with one attached hydrogen (secondary N) is 1. The summed E-state index contributed by atoms with van der Waals surface area (Å²) in [4.78, 5) is 6.45. The van der Waals surface area contributed by atoms with Crippen LogP contribution in [0.4, 0.5) is 62.6 Å². The van der Waals surface area contributed by atoms with E-state index in [4.69, 9.17) is 16.4 Å². The van der Waals surface area contributed by atoms with Gasteiger partial charge in [0.05, 0.1) is 16.4 Å². The average molecular weight is 1710 g/mol. The summed E-state index contributed by atoms with van der Waals surface area (Å²) >= 11 is 10.1. The van der Waals surface area contributed by atoms with Crippen LogP contribution in [0.15, 0.2) is 498 Å². The Bertz CT molecular complexity index is 6910. The smallest absolute Gasteiger partial charge is 0.0629 e. The third-order valence-corrected chi connectivity index (χ3v) is 21.0. The van der Waals surface area contributed by atoms with Crippen molar-refractivity contribution < 1.29 is 16.4 Å². The van der Waals surface area contributed by atoms with Gasteiger partial charge in [0.1, 0.15) is 0 Å². The minimum absolute atomic E-state index is 0.0313. The molecule has 0 atom stereocenters. The van der Waals surface area contributed by atoms with Crippen LogP contribution in [0.25, 0.3) is 88.3 Å². The fraction of sp³-hybridized carbons (Fsp3) is 0. The first-order valence-electron chi connectivity index (χ1n) is 44.1. The summed E-state index contributed by atoms with van der Waals surface area (Å²) in [5.74, 6) is 0. The molecule has 0 fully saturated rings. The normalized spacial score (nSPS) is 12.1. The molecule has 0 saturated carbocycles. The van der Waals surface area contributed by atoms with Crippen molar-refractivity contribution in [2.75, 3.05) is 20.0 Å². The van der Waals surface area contributed by atoms with Crippen LogP contribution < -0.4 is 20.0 Å². The van der Waals surface area contributed by atoms with Crippen LogP contribution in [0.5, 0.6) is 0 Å². The van der Waals surface area contributed by atoms with E-state index in [0.717, 1.165) is 81.4 Å². The second kappa shape index (κ2) is 38.0. The van der Waals surface area contributed by atoms with Gasteiger partial charge in [-0.1, -0.05) is 363 Å². The second-order valence-electron chi connectivity index (χ2n) is 27.2. The van der Waals surface area contributed by atoms with Crippen LogP contribution in [-0.2, 0) is 0 Å². The lowest BCUT2D eigenvalue weighted by atomic mass is 9.99. The number of halogens is 3. The number of hydrogen-bond acceptors (Lipinski definition) is 4. The van der Waals surface area contributed by atoms with Gasteiger partial charge >= 0.3 is 0 Å². The fourth-order valence-corrected chi connectivity index (χ4v) is 14.3. The van der Waals surface area contributed by atoms with Crippen LogP contribution in [0.3, 0.4) is 0 Å². The lowest BCUT2D eigenvalue weighted by Crippen LogP contribution is -2.09. The van der Waals surface area contributed by atoms with Crippen LogP contribution in [0.2, 0.25) is 0 Å². The van der Waals surface area contributed by atoms with E-state index in [0.29, 0.717) is 55.6 Å². The van der Waals surface area contributed by atoms with Crippen LogP contribution >= 0.6 is 47.8 Å². The van der Waals surface area contributed by atoms with Gasteiger partial charge in [0, 0.05) is 76.0 Å². The van der Waals surface area contributed by atoms with Crippen molar-refractivity contribution in [2.45, 2.75) is 0 Å². The third kappa shape index (κ3) is 19.8. The van der Waals surface area contributed by atoms with E-state index in [1.54, 1.807) is 36.4 Å². The summed E-state index contributed by atoms with van der Waals surface area (Å²) in [7, 11) is 0. The highest BCUT2D eigenvalue weighted by Gasteiger charge is 2.17. The fourth-order valence-electron chi connectivity index (χ4n) is 13.5. The van der Waals surface area contributed by atoms with Crippen LogP contribution in [-0.4, -0.2) is 0 Å². The molecular formula is C110H81Br3N4. The van der Waals surface area contributed by atoms with E-state index in [9.17, 15) is 0 Å². The quantitative estimate of drug-likeness (QED) is 0.0981. The standard InChI is InChI=1S/C46H34N2.C30H22BrN.C18H12Br2.C16H13N/c1-4-14-41(15-5-1)47(42-16-6-2-7-17-42)44-29-24-38(25-30-44)36-20-22-37(23-21-36)39-26-31-45(32-27-39)48(43-18-8-3-9-19-43)46-33-28-35-12-10-11-13-40(35)34-46;31-27-19-15-25(16-20-27)23-11-13-24(14-12-23)26-17-21-30(22-18-26)32(28-7-3-1-4-8-28)29-9-5-2-6-10-29;19-17-9-5-15(6-10-17)13-1-2-14(4-3-13)16-7-11-18(20)12-8-16;1-2-8-15(9-3-1)17-16-11-10-13-6-4-5-7-14(13)12-16/h1-34H;1-22H;1-12H;1-12,17H/i20D,21D,22D,23D;11D,12D,13D,14D;1D,2D,3D,4D;. The summed E-state index contributed by atoms with van der Waals surface area (Å²) in [5, 5.41) is 8.23. The van der Waals surface area contributed by atoms with Crippen LogP contribution in [0.1, 0.15) is 16.4 Å². The highest BCUT2D eigenvalue weighted by Crippen LogP contribution is 2.41. The van der Waals surface area contributed by atoms with Crippen molar-refractivity contribution in [1.82, 2.24) is 0 Å². The minimum atomic E-state index is -0.0718. The second-order valence-corrected chi connectivity index (χ2v) is 29.9. The van der Waals surface area contributed by atoms with Crippen molar-refractivity contribution in [3.8, 4) is 66.8 Å². The molecule has 7 heteroatoms. The molecule has 0 heterocycles. The zero-order valence-corrected chi connectivity index (χ0v) is 68.0. The Morgan fingerprint density at radius 3 is 0.650 bits per heavy atom. The predicted octanol–water partition coefficient (Wildman–Crippen LogP) is 33.5. The van der Waals surface area contributed by atoms with Crippen molar-refractivity contribution in [3.05, 3.63) is 498 Å². The van der Waals surface area contributed by atoms with Gasteiger partial charge in [0.25, 0.3) is 0 Å². The molecule has 4 nitrogen and oxygen atoms in total. The van der Waals surface area contributed by atoms with Gasteiger partial charge in [-0.25, -0.2) is 0 Å². The maximum atomic E-state index is 9.07. The summed E-state index contributed by atoms with van der Waals surface area (Å²) in [6.45, 7) is 0. The molecule has 0 unspecified atom stereocenters. The first-order valence-corrected chi connectivity index (χ1v) is 40.5. The van der Waals surface area contributed by atoms with Crippen LogP contribution in [0, 0.1) is 0 Å². The Labute approximate surface area is 728 Å². The molecule has 0 spiro atoms. The van der Waals surface area contributed by atoms with E-state index < -0.39 is 0 Å². The number of rotatable bonds is 17. The first kappa shape index (κ1) is 63.7. The molecule has 0 saturated heterocycles. The highest BCUT2D eigenvalue weighted by atomic mass is 79.9. The number of para-hydroxylation sites is 6. The molecule has 117 heavy (non-hydrogen) atoms. The molecule has 0 aromatic heterocycles. The average Bonchev–Trinajstić information content (AvgIpc) is 0.765. The van der Waals surface area contributed by atoms with Crippen molar-refractivity contribution in [1.29, 1.82) is 0 Å². The maximum Gasteiger partial charge on any atom is 0.0629 e. The van der Waals surface area contributed by atoms with Crippen molar-refractivity contribution in [3.63, 3.8) is 0 Å². The number of benzene rings is 19. The molecule has 0 aliphatic carbocycles. The highest BCUT2D eigenvalue weighted by molar-refractivity contribution is 9.11. The molecule has 562 valence electrons. The number of hydrogen-bond donors (Lipinski definition) is 1. The number of nitrogens with zero attached hydrogens (tertiary/aromatic N) is 3. The number of fused-ring (bicyclic) bond motifs is 2. The van der Waals surface area contributed by atoms with E-state index in [-0.39, 0.29) is 83.6 Å². The summed E-state index contributed by atoms with van der Waals surface area (Å²) in [6, 6.07) is 134. The lowest BCUT2D eigenvalue weighted by Gasteiger charge is -2.26. The van der Waals surface area contributed by atoms with Gasteiger partial charge in [0.2, 0.25) is 0 Å². The molecule has 19 aromatic carbocycles. The van der Waals surface area contributed by atoms with Gasteiger partial charge in [-0.05, 0) is 258 Å². The monoisotopic (exact) mass is 1710 g/mol. The lowest BCUT2D eigenvalue weighted by molar-refractivity contribution is 1.28. The zero-order valence-electron chi connectivity index (χ0n) is 75.2. The van der Waals surface area contributed by atoms with E-state index in [1.165, 1.54) is 16.2 Å². The van der Waals surface area contributed by atoms with Gasteiger partial charge in [-0.2, -0.15) is 0 Å². The summed E-state index contributed by atoms with van der Waals surface area (Å²) < 4.78 is 107. The van der Waals surface area contributed by atoms with Crippen molar-refractivity contribution >= 4 is 132 Å². The number of anilines is 11. The third-order valence-electron chi connectivity index (χ3n) is 19.4. The largest absolute Gasteiger partial charge is 0.356 e. The SMILES string of the molecule is [2H]c1c([2H])c(-c2ccc(Br)cc2)c([2H])c([2H])c1-c1ccc(Br)cc1.[2H]c1c([2H])c(-c2ccc(N(c3ccccc3)c3ccc4ccccc4c3)cc2)c([2H])c([2H])c1-c1ccc(N(c2ccccc2)c2ccccc2)cc1.[2H]c1c([2H])c(-c2ccc(N(c3ccccc3)c3ccccc3)cc2)c([2H])c([2H])c1-c1ccc(Br)cc1.c1ccc(Nc2ccc3ccccc3c2)cc1. The molecule has 0 bridgehead atoms. The van der Waals surface area contributed by atoms with E-state index >= 15 is 0 Å². The predicted molar refractivity (Wildman–Crippen MR) is 510 cm³/mol. The van der Waals surface area contributed by atoms with Gasteiger partial charge in [0.15, 0.2) is 0 Å². The maximum absolute atomic E-state index is 9.07. The van der Waals surface area contributed by atoms with E-state index in [2.05, 4.69) is 189 Å². The molecule has 1 N–H and O–H groups in total. The molecule has 0 aliphatic rings. The Morgan fingerprint density at radius 2 is 0.368 bits per heavy atom.